The SMILES string of the molecule is CCOc1ccc(OCC(=O)Nc2ccc(Oc3cccc(C)c3)cc2)cc1. The summed E-state index contributed by atoms with van der Waals surface area (Å²) in [6.45, 7) is 4.48. The molecule has 0 saturated carbocycles. The Morgan fingerprint density at radius 1 is 0.821 bits per heavy atom. The third kappa shape index (κ3) is 5.77. The van der Waals surface area contributed by atoms with E-state index in [9.17, 15) is 4.79 Å². The van der Waals surface area contributed by atoms with E-state index in [0.29, 0.717) is 23.8 Å². The maximum Gasteiger partial charge on any atom is 0.262 e. The number of nitrogens with one attached hydrogen (secondary N) is 1. The van der Waals surface area contributed by atoms with Crippen molar-refractivity contribution in [3.8, 4) is 23.0 Å². The van der Waals surface area contributed by atoms with E-state index in [1.807, 2.05) is 62.4 Å². The number of carbonyl (C=O) groups is 1. The zero-order valence-electron chi connectivity index (χ0n) is 16.0. The molecule has 1 N–H and O–H groups in total. The first kappa shape index (κ1) is 19.3. The number of aryl methyl sites for hydroxylation is 1. The van der Waals surface area contributed by atoms with Gasteiger partial charge in [0, 0.05) is 5.69 Å². The van der Waals surface area contributed by atoms with Gasteiger partial charge in [-0.25, -0.2) is 0 Å². The Balaban J connectivity index is 1.48. The first-order valence-corrected chi connectivity index (χ1v) is 9.12. The lowest BCUT2D eigenvalue weighted by Gasteiger charge is -2.10. The summed E-state index contributed by atoms with van der Waals surface area (Å²) in [6, 6.07) is 22.2. The summed E-state index contributed by atoms with van der Waals surface area (Å²) in [4.78, 5) is 12.1. The van der Waals surface area contributed by atoms with Crippen molar-refractivity contribution in [2.45, 2.75) is 13.8 Å². The quantitative estimate of drug-likeness (QED) is 0.586. The van der Waals surface area contributed by atoms with E-state index < -0.39 is 0 Å². The number of benzene rings is 3. The fourth-order valence-corrected chi connectivity index (χ4v) is 2.57. The van der Waals surface area contributed by atoms with Gasteiger partial charge in [0.05, 0.1) is 6.61 Å². The second-order valence-electron chi connectivity index (χ2n) is 6.18. The molecule has 28 heavy (non-hydrogen) atoms. The Morgan fingerprint density at radius 2 is 1.46 bits per heavy atom. The predicted octanol–water partition coefficient (Wildman–Crippen LogP) is 5.20. The van der Waals surface area contributed by atoms with Gasteiger partial charge in [-0.1, -0.05) is 12.1 Å². The van der Waals surface area contributed by atoms with Crippen molar-refractivity contribution in [2.75, 3.05) is 18.5 Å². The molecular formula is C23H23NO4. The van der Waals surface area contributed by atoms with Gasteiger partial charge in [-0.3, -0.25) is 4.79 Å². The Bertz CT molecular complexity index is 905. The number of rotatable bonds is 8. The van der Waals surface area contributed by atoms with Crippen LogP contribution in [-0.2, 0) is 4.79 Å². The largest absolute Gasteiger partial charge is 0.494 e. The molecule has 0 heterocycles. The monoisotopic (exact) mass is 377 g/mol. The number of hydrogen-bond acceptors (Lipinski definition) is 4. The van der Waals surface area contributed by atoms with Crippen molar-refractivity contribution < 1.29 is 19.0 Å². The second kappa shape index (κ2) is 9.46. The number of hydrogen-bond donors (Lipinski definition) is 1. The maximum absolute atomic E-state index is 12.1. The van der Waals surface area contributed by atoms with E-state index in [1.54, 1.807) is 24.3 Å². The van der Waals surface area contributed by atoms with E-state index in [4.69, 9.17) is 14.2 Å². The van der Waals surface area contributed by atoms with Gasteiger partial charge >= 0.3 is 0 Å². The lowest BCUT2D eigenvalue weighted by atomic mass is 10.2. The van der Waals surface area contributed by atoms with Crippen LogP contribution >= 0.6 is 0 Å². The van der Waals surface area contributed by atoms with Gasteiger partial charge in [-0.2, -0.15) is 0 Å². The Kier molecular flexibility index (Phi) is 6.52. The molecule has 0 unspecified atom stereocenters. The van der Waals surface area contributed by atoms with Gasteiger partial charge in [-0.15, -0.1) is 0 Å². The van der Waals surface area contributed by atoms with Crippen molar-refractivity contribution >= 4 is 11.6 Å². The number of ether oxygens (including phenoxy) is 3. The molecular weight excluding hydrogens is 354 g/mol. The van der Waals surface area contributed by atoms with Crippen LogP contribution in [0.5, 0.6) is 23.0 Å². The molecule has 0 fully saturated rings. The molecule has 144 valence electrons. The van der Waals surface area contributed by atoms with Crippen molar-refractivity contribution in [1.29, 1.82) is 0 Å². The summed E-state index contributed by atoms with van der Waals surface area (Å²) in [5.41, 5.74) is 1.81. The molecule has 0 aliphatic rings. The molecule has 0 bridgehead atoms. The predicted molar refractivity (Wildman–Crippen MR) is 109 cm³/mol. The van der Waals surface area contributed by atoms with Gasteiger partial charge in [-0.05, 0) is 80.1 Å². The first-order valence-electron chi connectivity index (χ1n) is 9.12. The lowest BCUT2D eigenvalue weighted by molar-refractivity contribution is -0.118. The van der Waals surface area contributed by atoms with Crippen molar-refractivity contribution in [1.82, 2.24) is 0 Å². The third-order valence-corrected chi connectivity index (χ3v) is 3.87. The van der Waals surface area contributed by atoms with Gasteiger partial charge in [0.1, 0.15) is 23.0 Å². The highest BCUT2D eigenvalue weighted by molar-refractivity contribution is 5.91. The van der Waals surface area contributed by atoms with Crippen LogP contribution in [0.25, 0.3) is 0 Å². The highest BCUT2D eigenvalue weighted by Crippen LogP contribution is 2.23. The van der Waals surface area contributed by atoms with Crippen LogP contribution in [0.3, 0.4) is 0 Å². The van der Waals surface area contributed by atoms with E-state index in [1.165, 1.54) is 0 Å². The van der Waals surface area contributed by atoms with Crippen LogP contribution in [0.15, 0.2) is 72.8 Å². The highest BCUT2D eigenvalue weighted by Gasteiger charge is 2.05. The number of carbonyl (C=O) groups excluding carboxylic acids is 1. The fourth-order valence-electron chi connectivity index (χ4n) is 2.57. The molecule has 0 aliphatic carbocycles. The van der Waals surface area contributed by atoms with Crippen molar-refractivity contribution in [3.63, 3.8) is 0 Å². The van der Waals surface area contributed by atoms with Crippen molar-refractivity contribution in [3.05, 3.63) is 78.4 Å². The smallest absolute Gasteiger partial charge is 0.262 e. The standard InChI is InChI=1S/C23H23NO4/c1-3-26-19-11-13-20(14-12-19)27-16-23(25)24-18-7-9-21(10-8-18)28-22-6-4-5-17(2)15-22/h4-15H,3,16H2,1-2H3,(H,24,25). The third-order valence-electron chi connectivity index (χ3n) is 3.87. The van der Waals surface area contributed by atoms with Crippen molar-refractivity contribution in [2.24, 2.45) is 0 Å². The summed E-state index contributed by atoms with van der Waals surface area (Å²) in [7, 11) is 0. The summed E-state index contributed by atoms with van der Waals surface area (Å²) in [5.74, 6) is 2.63. The van der Waals surface area contributed by atoms with Crippen LogP contribution in [0, 0.1) is 6.92 Å². The van der Waals surface area contributed by atoms with Crippen LogP contribution < -0.4 is 19.5 Å². The van der Waals surface area contributed by atoms with E-state index in [-0.39, 0.29) is 12.5 Å². The van der Waals surface area contributed by atoms with Crippen LogP contribution in [0.1, 0.15) is 12.5 Å². The highest BCUT2D eigenvalue weighted by atomic mass is 16.5. The minimum absolute atomic E-state index is 0.0739. The molecule has 3 aromatic carbocycles. The molecule has 3 rings (SSSR count). The van der Waals surface area contributed by atoms with Crippen LogP contribution in [0.4, 0.5) is 5.69 Å². The Morgan fingerprint density at radius 3 is 2.11 bits per heavy atom. The molecule has 0 aliphatic heterocycles. The molecule has 5 nitrogen and oxygen atoms in total. The minimum atomic E-state index is -0.235. The topological polar surface area (TPSA) is 56.8 Å². The zero-order valence-corrected chi connectivity index (χ0v) is 16.0. The average Bonchev–Trinajstić information content (AvgIpc) is 2.69. The summed E-state index contributed by atoms with van der Waals surface area (Å²) < 4.78 is 16.7. The Labute approximate surface area is 164 Å². The fraction of sp³-hybridized carbons (Fsp3) is 0.174. The molecule has 0 saturated heterocycles. The molecule has 5 heteroatoms. The normalized spacial score (nSPS) is 10.2. The minimum Gasteiger partial charge on any atom is -0.494 e. The molecule has 0 aromatic heterocycles. The van der Waals surface area contributed by atoms with Gasteiger partial charge in [0.2, 0.25) is 0 Å². The zero-order chi connectivity index (χ0) is 19.8. The maximum atomic E-state index is 12.1. The number of amides is 1. The Hall–Kier alpha value is -3.47. The second-order valence-corrected chi connectivity index (χ2v) is 6.18. The van der Waals surface area contributed by atoms with Crippen LogP contribution in [0.2, 0.25) is 0 Å². The molecule has 3 aromatic rings. The first-order chi connectivity index (χ1) is 13.6. The average molecular weight is 377 g/mol. The van der Waals surface area contributed by atoms with Gasteiger partial charge < -0.3 is 19.5 Å². The lowest BCUT2D eigenvalue weighted by Crippen LogP contribution is -2.20. The number of anilines is 1. The molecule has 0 atom stereocenters. The molecule has 0 spiro atoms. The summed E-state index contributed by atoms with van der Waals surface area (Å²) >= 11 is 0. The van der Waals surface area contributed by atoms with E-state index in [0.717, 1.165) is 17.1 Å². The summed E-state index contributed by atoms with van der Waals surface area (Å²) in [5, 5.41) is 2.80. The van der Waals surface area contributed by atoms with Gasteiger partial charge in [0.25, 0.3) is 5.91 Å². The van der Waals surface area contributed by atoms with Gasteiger partial charge in [0.15, 0.2) is 6.61 Å². The van der Waals surface area contributed by atoms with E-state index in [2.05, 4.69) is 5.32 Å². The molecule has 1 amide bonds. The van der Waals surface area contributed by atoms with E-state index >= 15 is 0 Å². The van der Waals surface area contributed by atoms with Crippen LogP contribution in [-0.4, -0.2) is 19.1 Å². The molecule has 0 radical (unpaired) electrons. The summed E-state index contributed by atoms with van der Waals surface area (Å²) in [6.07, 6.45) is 0.